The number of hydrogen-bond donors (Lipinski definition) is 2. The van der Waals surface area contributed by atoms with E-state index in [-0.39, 0.29) is 0 Å². The molecule has 0 saturated carbocycles. The standard InChI is InChI=1S/C18H28F3N5O2S/c1-3-22-17(23-8-5-9-24-29(2,27)28)26-12-10-25(11-13-26)16-7-4-6-15(14-16)18(19,20)21/h4,6-7,14,24H,3,5,8-13H2,1-2H3,(H,22,23). The fraction of sp³-hybridized carbons (Fsp3) is 0.611. The van der Waals surface area contributed by atoms with Crippen LogP contribution >= 0.6 is 0 Å². The lowest BCUT2D eigenvalue weighted by Crippen LogP contribution is -2.52. The number of anilines is 1. The normalized spacial score (nSPS) is 16.2. The number of halogens is 3. The van der Waals surface area contributed by atoms with Crippen molar-refractivity contribution in [1.82, 2.24) is 14.9 Å². The van der Waals surface area contributed by atoms with Crippen LogP contribution in [-0.2, 0) is 16.2 Å². The van der Waals surface area contributed by atoms with E-state index >= 15 is 0 Å². The van der Waals surface area contributed by atoms with Crippen molar-refractivity contribution in [3.05, 3.63) is 29.8 Å². The predicted octanol–water partition coefficient (Wildman–Crippen LogP) is 1.73. The van der Waals surface area contributed by atoms with Gasteiger partial charge in [0.25, 0.3) is 0 Å². The van der Waals surface area contributed by atoms with Crippen LogP contribution < -0.4 is 14.9 Å². The Morgan fingerprint density at radius 3 is 2.48 bits per heavy atom. The third-order valence-electron chi connectivity index (χ3n) is 4.41. The Morgan fingerprint density at radius 1 is 1.21 bits per heavy atom. The minimum absolute atomic E-state index is 0.324. The highest BCUT2D eigenvalue weighted by molar-refractivity contribution is 7.88. The summed E-state index contributed by atoms with van der Waals surface area (Å²) < 4.78 is 63.4. The Bertz CT molecular complexity index is 791. The maximum atomic E-state index is 12.9. The quantitative estimate of drug-likeness (QED) is 0.388. The average molecular weight is 436 g/mol. The lowest BCUT2D eigenvalue weighted by atomic mass is 10.1. The number of alkyl halides is 3. The van der Waals surface area contributed by atoms with Crippen molar-refractivity contribution in [2.45, 2.75) is 19.5 Å². The molecule has 1 aliphatic heterocycles. The molecular formula is C18H28F3N5O2S. The first-order chi connectivity index (χ1) is 13.6. The van der Waals surface area contributed by atoms with E-state index in [1.165, 1.54) is 12.1 Å². The lowest BCUT2D eigenvalue weighted by Gasteiger charge is -2.38. The summed E-state index contributed by atoms with van der Waals surface area (Å²) in [5, 5.41) is 3.21. The van der Waals surface area contributed by atoms with E-state index in [0.29, 0.717) is 57.9 Å². The molecule has 1 fully saturated rings. The van der Waals surface area contributed by atoms with E-state index < -0.39 is 21.8 Å². The highest BCUT2D eigenvalue weighted by Gasteiger charge is 2.31. The highest BCUT2D eigenvalue weighted by Crippen LogP contribution is 2.31. The molecule has 0 aliphatic carbocycles. The Labute approximate surface area is 170 Å². The molecule has 0 amide bonds. The summed E-state index contributed by atoms with van der Waals surface area (Å²) >= 11 is 0. The van der Waals surface area contributed by atoms with Gasteiger partial charge in [-0.15, -0.1) is 0 Å². The van der Waals surface area contributed by atoms with Crippen LogP contribution in [0.4, 0.5) is 18.9 Å². The fourth-order valence-corrected chi connectivity index (χ4v) is 3.52. The monoisotopic (exact) mass is 435 g/mol. The molecule has 2 rings (SSSR count). The van der Waals surface area contributed by atoms with E-state index in [0.717, 1.165) is 18.3 Å². The van der Waals surface area contributed by atoms with Gasteiger partial charge in [-0.05, 0) is 31.5 Å². The minimum Gasteiger partial charge on any atom is -0.368 e. The molecule has 1 heterocycles. The molecule has 1 aliphatic rings. The SMILES string of the molecule is CCNC(=NCCCNS(C)(=O)=O)N1CCN(c2cccc(C(F)(F)F)c2)CC1. The van der Waals surface area contributed by atoms with Gasteiger partial charge >= 0.3 is 6.18 Å². The summed E-state index contributed by atoms with van der Waals surface area (Å²) in [5.41, 5.74) is -0.0803. The van der Waals surface area contributed by atoms with Gasteiger partial charge in [-0.1, -0.05) is 6.07 Å². The molecule has 0 bridgehead atoms. The number of rotatable bonds is 7. The third-order valence-corrected chi connectivity index (χ3v) is 5.14. The van der Waals surface area contributed by atoms with Crippen molar-refractivity contribution < 1.29 is 21.6 Å². The average Bonchev–Trinajstić information content (AvgIpc) is 2.66. The molecule has 0 unspecified atom stereocenters. The van der Waals surface area contributed by atoms with Gasteiger partial charge in [-0.3, -0.25) is 4.99 Å². The Morgan fingerprint density at radius 2 is 1.90 bits per heavy atom. The van der Waals surface area contributed by atoms with Crippen LogP contribution in [0.3, 0.4) is 0 Å². The summed E-state index contributed by atoms with van der Waals surface area (Å²) in [4.78, 5) is 8.53. The number of piperazine rings is 1. The Kier molecular flexibility index (Phi) is 8.14. The maximum Gasteiger partial charge on any atom is 0.416 e. The van der Waals surface area contributed by atoms with Crippen molar-refractivity contribution in [2.75, 3.05) is 57.0 Å². The first-order valence-electron chi connectivity index (χ1n) is 9.50. The van der Waals surface area contributed by atoms with E-state index in [4.69, 9.17) is 0 Å². The summed E-state index contributed by atoms with van der Waals surface area (Å²) in [6, 6.07) is 5.39. The van der Waals surface area contributed by atoms with Crippen LogP contribution in [0, 0.1) is 0 Å². The molecular weight excluding hydrogens is 407 g/mol. The summed E-state index contributed by atoms with van der Waals surface area (Å²) in [5.74, 6) is 0.732. The zero-order valence-electron chi connectivity index (χ0n) is 16.7. The van der Waals surface area contributed by atoms with Crippen molar-refractivity contribution in [3.63, 3.8) is 0 Å². The third kappa shape index (κ3) is 7.73. The number of hydrogen-bond acceptors (Lipinski definition) is 4. The zero-order valence-corrected chi connectivity index (χ0v) is 17.5. The van der Waals surface area contributed by atoms with Gasteiger partial charge in [0.1, 0.15) is 0 Å². The predicted molar refractivity (Wildman–Crippen MR) is 109 cm³/mol. The van der Waals surface area contributed by atoms with Crippen LogP contribution in [0.2, 0.25) is 0 Å². The van der Waals surface area contributed by atoms with E-state index in [2.05, 4.69) is 19.9 Å². The van der Waals surface area contributed by atoms with Gasteiger partial charge in [-0.2, -0.15) is 13.2 Å². The van der Waals surface area contributed by atoms with Crippen molar-refractivity contribution in [3.8, 4) is 0 Å². The van der Waals surface area contributed by atoms with Crippen LogP contribution in [0.5, 0.6) is 0 Å². The highest BCUT2D eigenvalue weighted by atomic mass is 32.2. The molecule has 1 saturated heterocycles. The Hall–Kier alpha value is -2.01. The smallest absolute Gasteiger partial charge is 0.368 e. The van der Waals surface area contributed by atoms with Gasteiger partial charge in [0, 0.05) is 51.5 Å². The molecule has 1 aromatic rings. The number of benzene rings is 1. The van der Waals surface area contributed by atoms with Gasteiger partial charge < -0.3 is 15.1 Å². The van der Waals surface area contributed by atoms with Crippen molar-refractivity contribution >= 4 is 21.7 Å². The Balaban J connectivity index is 1.92. The first kappa shape index (κ1) is 23.3. The number of nitrogens with zero attached hydrogens (tertiary/aromatic N) is 3. The largest absolute Gasteiger partial charge is 0.416 e. The molecule has 29 heavy (non-hydrogen) atoms. The van der Waals surface area contributed by atoms with Crippen molar-refractivity contribution in [2.24, 2.45) is 4.99 Å². The molecule has 1 aromatic carbocycles. The van der Waals surface area contributed by atoms with E-state index in [1.807, 2.05) is 11.8 Å². The second kappa shape index (κ2) is 10.1. The molecule has 0 aromatic heterocycles. The van der Waals surface area contributed by atoms with Crippen LogP contribution in [-0.4, -0.2) is 71.3 Å². The second-order valence-corrected chi connectivity index (χ2v) is 8.61. The summed E-state index contributed by atoms with van der Waals surface area (Å²) in [7, 11) is -3.20. The number of sulfonamides is 1. The molecule has 0 radical (unpaired) electrons. The lowest BCUT2D eigenvalue weighted by molar-refractivity contribution is -0.137. The zero-order chi connectivity index (χ0) is 21.5. The molecule has 2 N–H and O–H groups in total. The molecule has 7 nitrogen and oxygen atoms in total. The van der Waals surface area contributed by atoms with Gasteiger partial charge in [0.15, 0.2) is 5.96 Å². The van der Waals surface area contributed by atoms with Gasteiger partial charge in [-0.25, -0.2) is 13.1 Å². The minimum atomic E-state index is -4.35. The van der Waals surface area contributed by atoms with Crippen LogP contribution in [0.1, 0.15) is 18.9 Å². The summed E-state index contributed by atoms with van der Waals surface area (Å²) in [6.45, 7) is 5.87. The number of guanidine groups is 1. The van der Waals surface area contributed by atoms with Gasteiger partial charge in [0.2, 0.25) is 10.0 Å². The van der Waals surface area contributed by atoms with Crippen LogP contribution in [0.15, 0.2) is 29.3 Å². The van der Waals surface area contributed by atoms with Gasteiger partial charge in [0.05, 0.1) is 11.8 Å². The fourth-order valence-electron chi connectivity index (χ4n) is 3.00. The second-order valence-electron chi connectivity index (χ2n) is 6.78. The van der Waals surface area contributed by atoms with Crippen molar-refractivity contribution in [1.29, 1.82) is 0 Å². The number of aliphatic imine (C=N–C) groups is 1. The number of nitrogens with one attached hydrogen (secondary N) is 2. The molecule has 11 heteroatoms. The van der Waals surface area contributed by atoms with E-state index in [9.17, 15) is 21.6 Å². The van der Waals surface area contributed by atoms with E-state index in [1.54, 1.807) is 6.07 Å². The molecule has 164 valence electrons. The maximum absolute atomic E-state index is 12.9. The molecule has 0 atom stereocenters. The van der Waals surface area contributed by atoms with Crippen LogP contribution in [0.25, 0.3) is 0 Å². The first-order valence-corrected chi connectivity index (χ1v) is 11.4. The topological polar surface area (TPSA) is 77.0 Å². The summed E-state index contributed by atoms with van der Waals surface area (Å²) in [6.07, 6.45) is -2.66. The molecule has 0 spiro atoms.